The van der Waals surface area contributed by atoms with E-state index in [4.69, 9.17) is 9.47 Å². The van der Waals surface area contributed by atoms with E-state index >= 15 is 0 Å². The summed E-state index contributed by atoms with van der Waals surface area (Å²) in [5.41, 5.74) is 4.61. The largest absolute Gasteiger partial charge is 0.464 e. The fourth-order valence-electron chi connectivity index (χ4n) is 4.41. The van der Waals surface area contributed by atoms with Crippen LogP contribution in [0.1, 0.15) is 93.3 Å². The van der Waals surface area contributed by atoms with E-state index in [-0.39, 0.29) is 17.3 Å². The molecule has 1 aliphatic carbocycles. The summed E-state index contributed by atoms with van der Waals surface area (Å²) in [6.45, 7) is 14.6. The van der Waals surface area contributed by atoms with Gasteiger partial charge in [-0.25, -0.2) is 4.79 Å². The van der Waals surface area contributed by atoms with Gasteiger partial charge in [-0.3, -0.25) is 4.79 Å². The Morgan fingerprint density at radius 2 is 1.83 bits per heavy atom. The maximum atomic E-state index is 13.2. The summed E-state index contributed by atoms with van der Waals surface area (Å²) in [7, 11) is 1.63. The van der Waals surface area contributed by atoms with Crippen LogP contribution >= 0.6 is 11.3 Å². The number of nitrogens with one attached hydrogen (secondary N) is 1. The molecule has 0 spiro atoms. The first-order valence-corrected chi connectivity index (χ1v) is 13.2. The number of rotatable bonds is 7. The van der Waals surface area contributed by atoms with E-state index in [1.165, 1.54) is 5.57 Å². The fraction of sp³-hybridized carbons (Fsp3) is 0.517. The minimum absolute atomic E-state index is 0.113. The molecule has 35 heavy (non-hydrogen) atoms. The lowest BCUT2D eigenvalue weighted by atomic mass is 9.76. The average molecular weight is 498 g/mol. The first-order chi connectivity index (χ1) is 16.4. The Bertz CT molecular complexity index is 1100. The maximum Gasteiger partial charge on any atom is 0.340 e. The molecule has 6 heteroatoms. The highest BCUT2D eigenvalue weighted by molar-refractivity contribution is 7.16. The molecule has 1 aromatic carbocycles. The molecule has 1 amide bonds. The molecule has 1 unspecified atom stereocenters. The topological polar surface area (TPSA) is 64.6 Å². The van der Waals surface area contributed by atoms with Crippen LogP contribution in [0.15, 0.2) is 30.3 Å². The molecule has 3 rings (SSSR count). The number of ether oxygens (including phenoxy) is 2. The van der Waals surface area contributed by atoms with Gasteiger partial charge < -0.3 is 14.8 Å². The van der Waals surface area contributed by atoms with Crippen LogP contribution < -0.4 is 5.32 Å². The van der Waals surface area contributed by atoms with Gasteiger partial charge in [-0.1, -0.05) is 32.1 Å². The number of aryl methyl sites for hydroxylation is 1. The van der Waals surface area contributed by atoms with Crippen molar-refractivity contribution < 1.29 is 19.1 Å². The van der Waals surface area contributed by atoms with Gasteiger partial charge in [-0.05, 0) is 82.6 Å². The predicted octanol–water partition coefficient (Wildman–Crippen LogP) is 7.10. The van der Waals surface area contributed by atoms with Crippen LogP contribution in [-0.4, -0.2) is 31.1 Å². The molecule has 0 radical (unpaired) electrons. The lowest BCUT2D eigenvalue weighted by Crippen LogP contribution is -2.29. The molecule has 1 heterocycles. The summed E-state index contributed by atoms with van der Waals surface area (Å²) in [6.07, 6.45) is 4.51. The highest BCUT2D eigenvalue weighted by Gasteiger charge is 2.36. The standard InChI is InChI=1S/C29H39NO4S/c1-9-33-27(32)24(34-28(3,4)5)22-18(2)35-25(20-10-12-21(13-11-20)26(31)30-8)23(22)19-14-16-29(6,7)17-15-19/h10-14,24H,9,15-17H2,1-8H3,(H,30,31). The fourth-order valence-corrected chi connectivity index (χ4v) is 5.63. The second-order valence-corrected chi connectivity index (χ2v) is 12.1. The number of thiophene rings is 1. The van der Waals surface area contributed by atoms with Gasteiger partial charge in [0.15, 0.2) is 6.10 Å². The summed E-state index contributed by atoms with van der Waals surface area (Å²) in [5, 5.41) is 2.67. The van der Waals surface area contributed by atoms with Crippen LogP contribution in [0.5, 0.6) is 0 Å². The molecule has 5 nitrogen and oxygen atoms in total. The summed E-state index contributed by atoms with van der Waals surface area (Å²) < 4.78 is 11.8. The Hall–Kier alpha value is -2.44. The van der Waals surface area contributed by atoms with Crippen molar-refractivity contribution in [2.24, 2.45) is 5.41 Å². The van der Waals surface area contributed by atoms with Crippen LogP contribution in [0.25, 0.3) is 16.0 Å². The number of benzene rings is 1. The van der Waals surface area contributed by atoms with Crippen molar-refractivity contribution in [2.75, 3.05) is 13.7 Å². The van der Waals surface area contributed by atoms with Crippen LogP contribution in [0.4, 0.5) is 0 Å². The molecule has 2 aromatic rings. The van der Waals surface area contributed by atoms with Crippen molar-refractivity contribution >= 4 is 28.8 Å². The zero-order valence-corrected chi connectivity index (χ0v) is 23.2. The molecule has 0 bridgehead atoms. The number of esters is 1. The van der Waals surface area contributed by atoms with Gasteiger partial charge in [0.2, 0.25) is 0 Å². The van der Waals surface area contributed by atoms with Crippen molar-refractivity contribution in [3.63, 3.8) is 0 Å². The summed E-state index contributed by atoms with van der Waals surface area (Å²) in [5.74, 6) is -0.471. The van der Waals surface area contributed by atoms with Gasteiger partial charge in [0.1, 0.15) is 0 Å². The third-order valence-electron chi connectivity index (χ3n) is 6.29. The van der Waals surface area contributed by atoms with Crippen LogP contribution in [0.2, 0.25) is 0 Å². The number of carbonyl (C=O) groups excluding carboxylic acids is 2. The van der Waals surface area contributed by atoms with Gasteiger partial charge in [-0.2, -0.15) is 0 Å². The van der Waals surface area contributed by atoms with E-state index in [1.54, 1.807) is 18.4 Å². The van der Waals surface area contributed by atoms with Crippen LogP contribution in [-0.2, 0) is 14.3 Å². The van der Waals surface area contributed by atoms with Gasteiger partial charge in [0.05, 0.1) is 12.2 Å². The third kappa shape index (κ3) is 6.42. The van der Waals surface area contributed by atoms with E-state index in [9.17, 15) is 9.59 Å². The van der Waals surface area contributed by atoms with Gasteiger partial charge in [-0.15, -0.1) is 11.3 Å². The van der Waals surface area contributed by atoms with Crippen LogP contribution in [0, 0.1) is 12.3 Å². The van der Waals surface area contributed by atoms with E-state index in [0.29, 0.717) is 12.2 Å². The average Bonchev–Trinajstić information content (AvgIpc) is 3.13. The van der Waals surface area contributed by atoms with E-state index < -0.39 is 11.7 Å². The lowest BCUT2D eigenvalue weighted by molar-refractivity contribution is -0.166. The number of hydrogen-bond donors (Lipinski definition) is 1. The molecule has 0 fully saturated rings. The summed E-state index contributed by atoms with van der Waals surface area (Å²) in [4.78, 5) is 27.4. The minimum atomic E-state index is -0.809. The Morgan fingerprint density at radius 1 is 1.17 bits per heavy atom. The molecule has 190 valence electrons. The van der Waals surface area contributed by atoms with Gasteiger partial charge in [0, 0.05) is 33.5 Å². The van der Waals surface area contributed by atoms with Crippen molar-refractivity contribution in [3.8, 4) is 10.4 Å². The monoisotopic (exact) mass is 497 g/mol. The van der Waals surface area contributed by atoms with E-state index in [0.717, 1.165) is 45.7 Å². The highest BCUT2D eigenvalue weighted by Crippen LogP contribution is 2.49. The highest BCUT2D eigenvalue weighted by atomic mass is 32.1. The van der Waals surface area contributed by atoms with Crippen molar-refractivity contribution in [1.29, 1.82) is 0 Å². The SMILES string of the molecule is CCOC(=O)C(OC(C)(C)C)c1c(C)sc(-c2ccc(C(=O)NC)cc2)c1C1=CCC(C)(C)CC1. The zero-order chi connectivity index (χ0) is 26.0. The molecular formula is C29H39NO4S. The third-order valence-corrected chi connectivity index (χ3v) is 7.46. The first-order valence-electron chi connectivity index (χ1n) is 12.4. The predicted molar refractivity (Wildman–Crippen MR) is 144 cm³/mol. The normalized spacial score (nSPS) is 16.4. The zero-order valence-electron chi connectivity index (χ0n) is 22.3. The second-order valence-electron chi connectivity index (χ2n) is 10.9. The smallest absolute Gasteiger partial charge is 0.340 e. The maximum absolute atomic E-state index is 13.2. The molecular weight excluding hydrogens is 458 g/mol. The summed E-state index contributed by atoms with van der Waals surface area (Å²) in [6, 6.07) is 7.67. The van der Waals surface area contributed by atoms with Gasteiger partial charge >= 0.3 is 5.97 Å². The second kappa shape index (κ2) is 10.7. The lowest BCUT2D eigenvalue weighted by Gasteiger charge is -2.31. The van der Waals surface area contributed by atoms with Gasteiger partial charge in [0.25, 0.3) is 5.91 Å². The minimum Gasteiger partial charge on any atom is -0.464 e. The molecule has 1 aromatic heterocycles. The molecule has 1 aliphatic rings. The molecule has 0 saturated carbocycles. The summed E-state index contributed by atoms with van der Waals surface area (Å²) >= 11 is 1.67. The Balaban J connectivity index is 2.22. The Morgan fingerprint density at radius 3 is 2.34 bits per heavy atom. The van der Waals surface area contributed by atoms with E-state index in [1.807, 2.05) is 52.0 Å². The molecule has 1 N–H and O–H groups in total. The van der Waals surface area contributed by atoms with E-state index in [2.05, 4.69) is 32.2 Å². The number of hydrogen-bond acceptors (Lipinski definition) is 5. The van der Waals surface area contributed by atoms with Crippen molar-refractivity contribution in [1.82, 2.24) is 5.32 Å². The number of amides is 1. The van der Waals surface area contributed by atoms with Crippen LogP contribution in [0.3, 0.4) is 0 Å². The molecule has 0 saturated heterocycles. The number of carbonyl (C=O) groups is 2. The number of allylic oxidation sites excluding steroid dienone is 2. The Labute approximate surface area is 213 Å². The molecule has 1 atom stereocenters. The quantitative estimate of drug-likeness (QED) is 0.415. The Kier molecular flexibility index (Phi) is 8.28. The van der Waals surface area contributed by atoms with Crippen molar-refractivity contribution in [3.05, 3.63) is 51.9 Å². The molecule has 0 aliphatic heterocycles. The first kappa shape index (κ1) is 27.2. The van der Waals surface area contributed by atoms with Crippen molar-refractivity contribution in [2.45, 2.75) is 79.4 Å².